The first kappa shape index (κ1) is 10.5. The summed E-state index contributed by atoms with van der Waals surface area (Å²) < 4.78 is 12.6. The van der Waals surface area contributed by atoms with Crippen LogP contribution in [-0.2, 0) is 9.59 Å². The molecule has 1 rings (SSSR count). The fourth-order valence-electron chi connectivity index (χ4n) is 0.758. The largest absolute Gasteiger partial charge is 0.474 e. The molecular formula is C8H5ClFNO3. The van der Waals surface area contributed by atoms with Crippen molar-refractivity contribution in [1.29, 1.82) is 0 Å². The Morgan fingerprint density at radius 2 is 2.07 bits per heavy atom. The molecule has 0 aromatic heterocycles. The number of amides is 1. The van der Waals surface area contributed by atoms with Crippen LogP contribution in [0.1, 0.15) is 0 Å². The van der Waals surface area contributed by atoms with E-state index in [2.05, 4.69) is 0 Å². The van der Waals surface area contributed by atoms with Crippen LogP contribution >= 0.6 is 11.6 Å². The van der Waals surface area contributed by atoms with Gasteiger partial charge in [-0.3, -0.25) is 4.79 Å². The van der Waals surface area contributed by atoms with Crippen molar-refractivity contribution in [1.82, 2.24) is 0 Å². The van der Waals surface area contributed by atoms with E-state index in [9.17, 15) is 14.0 Å². The Labute approximate surface area is 83.3 Å². The molecule has 1 amide bonds. The summed E-state index contributed by atoms with van der Waals surface area (Å²) in [6.07, 6.45) is 0. The highest BCUT2D eigenvalue weighted by Crippen LogP contribution is 2.19. The average Bonchev–Trinajstić information content (AvgIpc) is 2.11. The minimum Gasteiger partial charge on any atom is -0.474 e. The van der Waals surface area contributed by atoms with Gasteiger partial charge in [0.05, 0.1) is 5.02 Å². The number of halogens is 2. The van der Waals surface area contributed by atoms with Crippen LogP contribution in [0.5, 0.6) is 0 Å². The number of carbonyl (C=O) groups excluding carboxylic acids is 1. The third kappa shape index (κ3) is 2.43. The number of hydrogen-bond donors (Lipinski definition) is 2. The monoisotopic (exact) mass is 217 g/mol. The van der Waals surface area contributed by atoms with E-state index in [0.717, 1.165) is 12.1 Å². The summed E-state index contributed by atoms with van der Waals surface area (Å²) in [5, 5.41) is 10.1. The molecule has 74 valence electrons. The van der Waals surface area contributed by atoms with E-state index in [-0.39, 0.29) is 10.7 Å². The summed E-state index contributed by atoms with van der Waals surface area (Å²) in [6.45, 7) is 0. The Balaban J connectivity index is 2.83. The van der Waals surface area contributed by atoms with Crippen molar-refractivity contribution in [2.24, 2.45) is 0 Å². The molecule has 0 heterocycles. The molecule has 0 fully saturated rings. The Kier molecular flexibility index (Phi) is 3.03. The lowest BCUT2D eigenvalue weighted by molar-refractivity contribution is -0.147. The molecule has 0 spiro atoms. The van der Waals surface area contributed by atoms with Crippen LogP contribution in [-0.4, -0.2) is 17.0 Å². The smallest absolute Gasteiger partial charge is 0.394 e. The van der Waals surface area contributed by atoms with E-state index in [1.54, 1.807) is 0 Å². The molecule has 4 nitrogen and oxygen atoms in total. The van der Waals surface area contributed by atoms with E-state index in [1.807, 2.05) is 5.32 Å². The predicted octanol–water partition coefficient (Wildman–Crippen LogP) is 1.50. The van der Waals surface area contributed by atoms with E-state index in [1.165, 1.54) is 6.07 Å². The lowest BCUT2D eigenvalue weighted by Gasteiger charge is -2.02. The van der Waals surface area contributed by atoms with Gasteiger partial charge in [-0.1, -0.05) is 11.6 Å². The molecule has 0 saturated carbocycles. The summed E-state index contributed by atoms with van der Waals surface area (Å²) in [5.41, 5.74) is 0.129. The summed E-state index contributed by atoms with van der Waals surface area (Å²) in [6, 6.07) is 3.36. The number of benzene rings is 1. The molecule has 1 aromatic rings. The van der Waals surface area contributed by atoms with Crippen LogP contribution in [0, 0.1) is 5.82 Å². The highest BCUT2D eigenvalue weighted by molar-refractivity contribution is 6.36. The molecule has 0 aliphatic heterocycles. The van der Waals surface area contributed by atoms with Gasteiger partial charge in [-0.05, 0) is 18.2 Å². The van der Waals surface area contributed by atoms with Gasteiger partial charge in [-0.15, -0.1) is 0 Å². The van der Waals surface area contributed by atoms with Crippen LogP contribution in [0.2, 0.25) is 5.02 Å². The molecule has 14 heavy (non-hydrogen) atoms. The van der Waals surface area contributed by atoms with Gasteiger partial charge in [0, 0.05) is 5.69 Å². The van der Waals surface area contributed by atoms with Gasteiger partial charge in [-0.25, -0.2) is 9.18 Å². The maximum atomic E-state index is 12.6. The minimum atomic E-state index is -1.62. The van der Waals surface area contributed by atoms with Crippen LogP contribution in [0.4, 0.5) is 10.1 Å². The second-order valence-electron chi connectivity index (χ2n) is 2.39. The van der Waals surface area contributed by atoms with Crippen molar-refractivity contribution >= 4 is 29.2 Å². The first-order valence-corrected chi connectivity index (χ1v) is 3.88. The highest BCUT2D eigenvalue weighted by Gasteiger charge is 2.11. The molecule has 0 unspecified atom stereocenters. The van der Waals surface area contributed by atoms with Gasteiger partial charge in [0.1, 0.15) is 5.82 Å². The lowest BCUT2D eigenvalue weighted by Crippen LogP contribution is -2.21. The number of carboxylic acid groups (broad SMARTS) is 1. The first-order valence-electron chi connectivity index (χ1n) is 3.50. The zero-order valence-corrected chi connectivity index (χ0v) is 7.51. The zero-order chi connectivity index (χ0) is 10.7. The molecule has 0 saturated heterocycles. The van der Waals surface area contributed by atoms with Crippen molar-refractivity contribution in [3.05, 3.63) is 29.0 Å². The summed E-state index contributed by atoms with van der Waals surface area (Å²) >= 11 is 5.40. The normalized spacial score (nSPS) is 9.57. The number of aliphatic carboxylic acids is 1. The Morgan fingerprint density at radius 1 is 1.43 bits per heavy atom. The molecular weight excluding hydrogens is 213 g/mol. The van der Waals surface area contributed by atoms with Gasteiger partial charge < -0.3 is 10.4 Å². The lowest BCUT2D eigenvalue weighted by atomic mass is 10.3. The zero-order valence-electron chi connectivity index (χ0n) is 6.75. The van der Waals surface area contributed by atoms with Gasteiger partial charge in [0.2, 0.25) is 0 Å². The third-order valence-corrected chi connectivity index (χ3v) is 1.66. The molecule has 0 aliphatic carbocycles. The standard InChI is InChI=1S/C8H5ClFNO3/c9-5-3-4(1-2-6(5)10)11-7(12)8(13)14/h1-3H,(H,11,12)(H,13,14). The van der Waals surface area contributed by atoms with Crippen molar-refractivity contribution in [3.8, 4) is 0 Å². The summed E-state index contributed by atoms with van der Waals surface area (Å²) in [7, 11) is 0. The fraction of sp³-hybridized carbons (Fsp3) is 0. The van der Waals surface area contributed by atoms with E-state index in [0.29, 0.717) is 0 Å². The Morgan fingerprint density at radius 3 is 2.57 bits per heavy atom. The topological polar surface area (TPSA) is 66.4 Å². The number of nitrogens with one attached hydrogen (secondary N) is 1. The predicted molar refractivity (Wildman–Crippen MR) is 47.7 cm³/mol. The van der Waals surface area contributed by atoms with Gasteiger partial charge in [-0.2, -0.15) is 0 Å². The summed E-state index contributed by atoms with van der Waals surface area (Å²) in [4.78, 5) is 20.8. The minimum absolute atomic E-state index is 0.129. The maximum Gasteiger partial charge on any atom is 0.394 e. The molecule has 0 radical (unpaired) electrons. The quantitative estimate of drug-likeness (QED) is 0.701. The average molecular weight is 218 g/mol. The van der Waals surface area contributed by atoms with Crippen molar-refractivity contribution < 1.29 is 19.1 Å². The Hall–Kier alpha value is -1.62. The van der Waals surface area contributed by atoms with E-state index < -0.39 is 17.7 Å². The maximum absolute atomic E-state index is 12.6. The van der Waals surface area contributed by atoms with Gasteiger partial charge in [0.15, 0.2) is 0 Å². The summed E-state index contributed by atoms with van der Waals surface area (Å²) in [5.74, 6) is -3.46. The number of rotatable bonds is 1. The molecule has 2 N–H and O–H groups in total. The number of anilines is 1. The van der Waals surface area contributed by atoms with Crippen LogP contribution in [0.25, 0.3) is 0 Å². The SMILES string of the molecule is O=C(O)C(=O)Nc1ccc(F)c(Cl)c1. The van der Waals surface area contributed by atoms with E-state index >= 15 is 0 Å². The van der Waals surface area contributed by atoms with Crippen molar-refractivity contribution in [3.63, 3.8) is 0 Å². The second-order valence-corrected chi connectivity index (χ2v) is 2.80. The highest BCUT2D eigenvalue weighted by atomic mass is 35.5. The number of carboxylic acids is 1. The molecule has 1 aromatic carbocycles. The Bertz CT molecular complexity index is 394. The fourth-order valence-corrected chi connectivity index (χ4v) is 0.939. The molecule has 0 atom stereocenters. The first-order chi connectivity index (χ1) is 6.50. The number of hydrogen-bond acceptors (Lipinski definition) is 2. The van der Waals surface area contributed by atoms with Crippen LogP contribution < -0.4 is 5.32 Å². The van der Waals surface area contributed by atoms with Crippen LogP contribution in [0.3, 0.4) is 0 Å². The molecule has 6 heteroatoms. The van der Waals surface area contributed by atoms with Crippen molar-refractivity contribution in [2.75, 3.05) is 5.32 Å². The molecule has 0 aliphatic rings. The van der Waals surface area contributed by atoms with E-state index in [4.69, 9.17) is 16.7 Å². The third-order valence-electron chi connectivity index (χ3n) is 1.37. The number of carbonyl (C=O) groups is 2. The van der Waals surface area contributed by atoms with Gasteiger partial charge >= 0.3 is 11.9 Å². The van der Waals surface area contributed by atoms with Crippen molar-refractivity contribution in [2.45, 2.75) is 0 Å². The van der Waals surface area contributed by atoms with Gasteiger partial charge in [0.25, 0.3) is 0 Å². The van der Waals surface area contributed by atoms with Crippen LogP contribution in [0.15, 0.2) is 18.2 Å². The second kappa shape index (κ2) is 4.06. The molecule has 0 bridgehead atoms.